The Morgan fingerprint density at radius 1 is 1.44 bits per heavy atom. The Morgan fingerprint density at radius 2 is 2.28 bits per heavy atom. The lowest BCUT2D eigenvalue weighted by atomic mass is 10.4. The Kier molecular flexibility index (Phi) is 2.44. The van der Waals surface area contributed by atoms with Crippen molar-refractivity contribution in [2.45, 2.75) is 13.5 Å². The summed E-state index contributed by atoms with van der Waals surface area (Å²) in [6, 6.07) is 1.96. The van der Waals surface area contributed by atoms with Crippen molar-refractivity contribution in [1.82, 2.24) is 28.9 Å². The number of nitrogens with zero attached hydrogens (tertiary/aromatic N) is 6. The van der Waals surface area contributed by atoms with Crippen LogP contribution in [0.15, 0.2) is 17.2 Å². The van der Waals surface area contributed by atoms with Crippen molar-refractivity contribution in [3.05, 3.63) is 33.3 Å². The third kappa shape index (κ3) is 1.70. The molecule has 0 atom stereocenters. The van der Waals surface area contributed by atoms with Crippen LogP contribution in [0.3, 0.4) is 0 Å². The number of fused-ring (bicyclic) bond motifs is 1. The maximum atomic E-state index is 12.1. The molecular weight excluding hydrogens is 252 g/mol. The molecule has 0 amide bonds. The predicted octanol–water partition coefficient (Wildman–Crippen LogP) is 0.338. The van der Waals surface area contributed by atoms with Crippen molar-refractivity contribution in [3.8, 4) is 0 Å². The summed E-state index contributed by atoms with van der Waals surface area (Å²) in [4.78, 5) is 17.3. The molecule has 0 aliphatic carbocycles. The number of aryl methyl sites for hydroxylation is 2. The van der Waals surface area contributed by atoms with Gasteiger partial charge in [0.2, 0.25) is 0 Å². The van der Waals surface area contributed by atoms with Crippen LogP contribution in [0.5, 0.6) is 0 Å². The second kappa shape index (κ2) is 3.98. The lowest BCUT2D eigenvalue weighted by Crippen LogP contribution is -2.21. The van der Waals surface area contributed by atoms with Crippen LogP contribution >= 0.6 is 11.5 Å². The standard InChI is InChI=1S/C10H10N6OS/c1-6-3-7(18-13-6)4-16-5-11-9-8(10(16)17)12-14-15(9)2/h3,5H,4H2,1-2H3. The number of hydrogen-bond acceptors (Lipinski definition) is 6. The molecular formula is C10H10N6OS. The monoisotopic (exact) mass is 262 g/mol. The van der Waals surface area contributed by atoms with E-state index in [-0.39, 0.29) is 5.56 Å². The van der Waals surface area contributed by atoms with E-state index in [0.717, 1.165) is 10.6 Å². The van der Waals surface area contributed by atoms with Gasteiger partial charge in [0.05, 0.1) is 12.2 Å². The zero-order valence-corrected chi connectivity index (χ0v) is 10.7. The highest BCUT2D eigenvalue weighted by atomic mass is 32.1. The highest BCUT2D eigenvalue weighted by Gasteiger charge is 2.10. The van der Waals surface area contributed by atoms with E-state index in [1.54, 1.807) is 7.05 Å². The molecule has 0 N–H and O–H groups in total. The van der Waals surface area contributed by atoms with Crippen molar-refractivity contribution in [2.24, 2.45) is 7.05 Å². The van der Waals surface area contributed by atoms with Crippen LogP contribution in [0.1, 0.15) is 10.6 Å². The Bertz CT molecular complexity index is 770. The van der Waals surface area contributed by atoms with E-state index in [1.165, 1.54) is 27.1 Å². The molecule has 0 saturated carbocycles. The van der Waals surface area contributed by atoms with Crippen LogP contribution in [-0.2, 0) is 13.6 Å². The molecule has 3 aromatic heterocycles. The summed E-state index contributed by atoms with van der Waals surface area (Å²) in [5, 5.41) is 7.62. The van der Waals surface area contributed by atoms with Crippen LogP contribution in [0.4, 0.5) is 0 Å². The van der Waals surface area contributed by atoms with Gasteiger partial charge in [0.15, 0.2) is 11.2 Å². The van der Waals surface area contributed by atoms with Crippen LogP contribution < -0.4 is 5.56 Å². The topological polar surface area (TPSA) is 78.5 Å². The Labute approximate surface area is 106 Å². The van der Waals surface area contributed by atoms with Crippen molar-refractivity contribution < 1.29 is 0 Å². The summed E-state index contributed by atoms with van der Waals surface area (Å²) in [6.07, 6.45) is 1.52. The Morgan fingerprint density at radius 3 is 3.00 bits per heavy atom. The van der Waals surface area contributed by atoms with Crippen LogP contribution in [0.2, 0.25) is 0 Å². The molecule has 7 nitrogen and oxygen atoms in total. The molecule has 18 heavy (non-hydrogen) atoms. The van der Waals surface area contributed by atoms with Crippen molar-refractivity contribution in [3.63, 3.8) is 0 Å². The molecule has 0 bridgehead atoms. The largest absolute Gasteiger partial charge is 0.292 e. The van der Waals surface area contributed by atoms with Crippen molar-refractivity contribution in [2.75, 3.05) is 0 Å². The second-order valence-electron chi connectivity index (χ2n) is 4.00. The van der Waals surface area contributed by atoms with Crippen LogP contribution in [0, 0.1) is 6.92 Å². The molecule has 0 fully saturated rings. The first-order valence-corrected chi connectivity index (χ1v) is 6.09. The first kappa shape index (κ1) is 11.0. The fraction of sp³-hybridized carbons (Fsp3) is 0.300. The van der Waals surface area contributed by atoms with E-state index in [2.05, 4.69) is 19.7 Å². The Hall–Kier alpha value is -2.09. The lowest BCUT2D eigenvalue weighted by Gasteiger charge is -2.01. The molecule has 3 rings (SSSR count). The van der Waals surface area contributed by atoms with E-state index in [0.29, 0.717) is 17.7 Å². The molecule has 0 saturated heterocycles. The third-order valence-electron chi connectivity index (χ3n) is 2.58. The molecule has 0 spiro atoms. The summed E-state index contributed by atoms with van der Waals surface area (Å²) in [5.41, 5.74) is 1.56. The van der Waals surface area contributed by atoms with E-state index in [1.807, 2.05) is 13.0 Å². The summed E-state index contributed by atoms with van der Waals surface area (Å²) >= 11 is 1.38. The molecule has 3 aromatic rings. The normalized spacial score (nSPS) is 11.2. The third-order valence-corrected chi connectivity index (χ3v) is 3.44. The van der Waals surface area contributed by atoms with Gasteiger partial charge in [0, 0.05) is 11.9 Å². The van der Waals surface area contributed by atoms with Gasteiger partial charge >= 0.3 is 0 Å². The minimum absolute atomic E-state index is 0.181. The summed E-state index contributed by atoms with van der Waals surface area (Å²) in [7, 11) is 1.71. The molecule has 3 heterocycles. The molecule has 0 aliphatic rings. The average Bonchev–Trinajstić information content (AvgIpc) is 2.91. The first-order valence-electron chi connectivity index (χ1n) is 5.32. The summed E-state index contributed by atoms with van der Waals surface area (Å²) in [5.74, 6) is 0. The summed E-state index contributed by atoms with van der Waals surface area (Å²) in [6.45, 7) is 2.39. The average molecular weight is 262 g/mol. The maximum Gasteiger partial charge on any atom is 0.283 e. The van der Waals surface area contributed by atoms with Crippen molar-refractivity contribution in [1.29, 1.82) is 0 Å². The van der Waals surface area contributed by atoms with Crippen LogP contribution in [0.25, 0.3) is 11.2 Å². The molecule has 92 valence electrons. The van der Waals surface area contributed by atoms with Gasteiger partial charge in [-0.15, -0.1) is 5.10 Å². The lowest BCUT2D eigenvalue weighted by molar-refractivity contribution is 0.726. The highest BCUT2D eigenvalue weighted by Crippen LogP contribution is 2.10. The zero-order valence-electron chi connectivity index (χ0n) is 9.86. The minimum Gasteiger partial charge on any atom is -0.292 e. The predicted molar refractivity (Wildman–Crippen MR) is 66.5 cm³/mol. The zero-order chi connectivity index (χ0) is 12.7. The highest BCUT2D eigenvalue weighted by molar-refractivity contribution is 7.05. The van der Waals surface area contributed by atoms with Crippen molar-refractivity contribution >= 4 is 22.7 Å². The van der Waals surface area contributed by atoms with Gasteiger partial charge in [-0.3, -0.25) is 9.36 Å². The molecule has 0 radical (unpaired) electrons. The van der Waals surface area contributed by atoms with E-state index in [4.69, 9.17) is 0 Å². The number of rotatable bonds is 2. The minimum atomic E-state index is -0.181. The smallest absolute Gasteiger partial charge is 0.283 e. The quantitative estimate of drug-likeness (QED) is 0.665. The fourth-order valence-electron chi connectivity index (χ4n) is 1.72. The SMILES string of the molecule is Cc1cc(Cn2cnc3c(nnn3C)c2=O)sn1. The molecule has 0 aliphatic heterocycles. The van der Waals surface area contributed by atoms with E-state index in [9.17, 15) is 4.79 Å². The first-order chi connectivity index (χ1) is 8.65. The van der Waals surface area contributed by atoms with Gasteiger partial charge in [-0.2, -0.15) is 4.37 Å². The number of hydrogen-bond donors (Lipinski definition) is 0. The van der Waals surface area contributed by atoms with Gasteiger partial charge < -0.3 is 0 Å². The van der Waals surface area contributed by atoms with Gasteiger partial charge in [0.25, 0.3) is 5.56 Å². The molecule has 0 aromatic carbocycles. The van der Waals surface area contributed by atoms with Gasteiger partial charge in [0.1, 0.15) is 6.33 Å². The second-order valence-corrected chi connectivity index (χ2v) is 4.89. The van der Waals surface area contributed by atoms with Gasteiger partial charge in [-0.1, -0.05) is 5.21 Å². The Balaban J connectivity index is 2.07. The summed E-state index contributed by atoms with van der Waals surface area (Å²) < 4.78 is 7.18. The van der Waals surface area contributed by atoms with E-state index >= 15 is 0 Å². The fourth-order valence-corrected chi connectivity index (χ4v) is 2.45. The van der Waals surface area contributed by atoms with Gasteiger partial charge in [-0.25, -0.2) is 9.67 Å². The maximum absolute atomic E-state index is 12.1. The molecule has 8 heteroatoms. The van der Waals surface area contributed by atoms with Crippen LogP contribution in [-0.4, -0.2) is 28.9 Å². The van der Waals surface area contributed by atoms with Gasteiger partial charge in [-0.05, 0) is 24.5 Å². The van der Waals surface area contributed by atoms with E-state index < -0.39 is 0 Å². The number of aromatic nitrogens is 6. The molecule has 0 unspecified atom stereocenters.